The monoisotopic (exact) mass is 338 g/mol. The SMILES string of the molecule is COc1ccc(NC(=O)COC(=O)Cc2c[nH]c3ccccc23)cc1. The van der Waals surface area contributed by atoms with Crippen molar-refractivity contribution in [2.75, 3.05) is 19.0 Å². The Kier molecular flexibility index (Phi) is 4.99. The van der Waals surface area contributed by atoms with Crippen molar-refractivity contribution >= 4 is 28.5 Å². The van der Waals surface area contributed by atoms with Crippen LogP contribution in [-0.2, 0) is 20.7 Å². The van der Waals surface area contributed by atoms with E-state index >= 15 is 0 Å². The van der Waals surface area contributed by atoms with Crippen LogP contribution in [0.5, 0.6) is 5.75 Å². The Hall–Kier alpha value is -3.28. The molecule has 1 aromatic heterocycles. The van der Waals surface area contributed by atoms with E-state index in [0.717, 1.165) is 16.5 Å². The second-order valence-electron chi connectivity index (χ2n) is 5.47. The minimum atomic E-state index is -0.449. The molecule has 1 amide bonds. The van der Waals surface area contributed by atoms with Crippen molar-refractivity contribution in [2.45, 2.75) is 6.42 Å². The minimum absolute atomic E-state index is 0.111. The van der Waals surface area contributed by atoms with Gasteiger partial charge in [0.1, 0.15) is 5.75 Å². The van der Waals surface area contributed by atoms with E-state index in [1.54, 1.807) is 37.6 Å². The van der Waals surface area contributed by atoms with Crippen molar-refractivity contribution in [3.8, 4) is 5.75 Å². The largest absolute Gasteiger partial charge is 0.497 e. The lowest BCUT2D eigenvalue weighted by Gasteiger charge is -2.07. The topological polar surface area (TPSA) is 80.4 Å². The van der Waals surface area contributed by atoms with Crippen molar-refractivity contribution in [1.82, 2.24) is 4.98 Å². The number of hydrogen-bond acceptors (Lipinski definition) is 4. The summed E-state index contributed by atoms with van der Waals surface area (Å²) in [6.45, 7) is -0.326. The number of anilines is 1. The molecular weight excluding hydrogens is 320 g/mol. The maximum Gasteiger partial charge on any atom is 0.310 e. The van der Waals surface area contributed by atoms with Gasteiger partial charge >= 0.3 is 5.97 Å². The summed E-state index contributed by atoms with van der Waals surface area (Å²) >= 11 is 0. The van der Waals surface area contributed by atoms with Gasteiger partial charge in [-0.15, -0.1) is 0 Å². The fraction of sp³-hybridized carbons (Fsp3) is 0.158. The van der Waals surface area contributed by atoms with E-state index in [1.807, 2.05) is 24.3 Å². The number of ether oxygens (including phenoxy) is 2. The molecule has 0 aliphatic rings. The van der Waals surface area contributed by atoms with E-state index in [4.69, 9.17) is 9.47 Å². The summed E-state index contributed by atoms with van der Waals surface area (Å²) in [6, 6.07) is 14.6. The molecule has 6 nitrogen and oxygen atoms in total. The molecule has 0 saturated heterocycles. The molecule has 0 aliphatic heterocycles. The first-order valence-electron chi connectivity index (χ1n) is 7.80. The number of esters is 1. The normalized spacial score (nSPS) is 10.4. The Morgan fingerprint density at radius 3 is 2.60 bits per heavy atom. The molecule has 128 valence electrons. The summed E-state index contributed by atoms with van der Waals surface area (Å²) in [5, 5.41) is 3.63. The highest BCUT2D eigenvalue weighted by atomic mass is 16.5. The van der Waals surface area contributed by atoms with E-state index in [0.29, 0.717) is 11.4 Å². The second-order valence-corrected chi connectivity index (χ2v) is 5.47. The number of fused-ring (bicyclic) bond motifs is 1. The molecule has 0 aliphatic carbocycles. The zero-order valence-electron chi connectivity index (χ0n) is 13.7. The molecular formula is C19H18N2O4. The van der Waals surface area contributed by atoms with Gasteiger partial charge in [-0.1, -0.05) is 18.2 Å². The van der Waals surface area contributed by atoms with Crippen LogP contribution in [0.3, 0.4) is 0 Å². The molecule has 0 spiro atoms. The van der Waals surface area contributed by atoms with Crippen LogP contribution in [0.1, 0.15) is 5.56 Å². The predicted octanol–water partition coefficient (Wildman–Crippen LogP) is 2.90. The molecule has 6 heteroatoms. The summed E-state index contributed by atoms with van der Waals surface area (Å²) in [7, 11) is 1.57. The third-order valence-corrected chi connectivity index (χ3v) is 3.75. The molecule has 0 unspecified atom stereocenters. The molecule has 0 atom stereocenters. The van der Waals surface area contributed by atoms with E-state index < -0.39 is 11.9 Å². The molecule has 3 aromatic rings. The van der Waals surface area contributed by atoms with Gasteiger partial charge in [-0.25, -0.2) is 0 Å². The Morgan fingerprint density at radius 1 is 1.08 bits per heavy atom. The van der Waals surface area contributed by atoms with Crippen LogP contribution in [0.15, 0.2) is 54.7 Å². The highest BCUT2D eigenvalue weighted by Crippen LogP contribution is 2.18. The van der Waals surface area contributed by atoms with Crippen molar-refractivity contribution < 1.29 is 19.1 Å². The van der Waals surface area contributed by atoms with Gasteiger partial charge in [-0.2, -0.15) is 0 Å². The van der Waals surface area contributed by atoms with Crippen LogP contribution < -0.4 is 10.1 Å². The highest BCUT2D eigenvalue weighted by molar-refractivity contribution is 5.93. The van der Waals surface area contributed by atoms with Crippen molar-refractivity contribution in [3.63, 3.8) is 0 Å². The smallest absolute Gasteiger partial charge is 0.310 e. The maximum atomic E-state index is 12.0. The van der Waals surface area contributed by atoms with E-state index in [1.165, 1.54) is 0 Å². The third-order valence-electron chi connectivity index (χ3n) is 3.75. The first-order chi connectivity index (χ1) is 12.2. The number of benzene rings is 2. The van der Waals surface area contributed by atoms with Crippen LogP contribution in [0, 0.1) is 0 Å². The highest BCUT2D eigenvalue weighted by Gasteiger charge is 2.12. The first kappa shape index (κ1) is 16.6. The Bertz CT molecular complexity index is 884. The summed E-state index contributed by atoms with van der Waals surface area (Å²) in [4.78, 5) is 26.9. The zero-order chi connectivity index (χ0) is 17.6. The average Bonchev–Trinajstić information content (AvgIpc) is 3.04. The molecule has 0 radical (unpaired) electrons. The minimum Gasteiger partial charge on any atom is -0.497 e. The lowest BCUT2D eigenvalue weighted by atomic mass is 10.1. The fourth-order valence-electron chi connectivity index (χ4n) is 2.50. The van der Waals surface area contributed by atoms with Crippen LogP contribution in [0.4, 0.5) is 5.69 Å². The number of nitrogens with one attached hydrogen (secondary N) is 2. The number of aromatic amines is 1. The van der Waals surface area contributed by atoms with Gasteiger partial charge in [0, 0.05) is 22.8 Å². The Morgan fingerprint density at radius 2 is 1.84 bits per heavy atom. The van der Waals surface area contributed by atoms with Crippen molar-refractivity contribution in [2.24, 2.45) is 0 Å². The number of hydrogen-bond donors (Lipinski definition) is 2. The van der Waals surface area contributed by atoms with Gasteiger partial charge in [0.15, 0.2) is 6.61 Å². The quantitative estimate of drug-likeness (QED) is 0.677. The molecule has 25 heavy (non-hydrogen) atoms. The number of carbonyl (C=O) groups excluding carboxylic acids is 2. The van der Waals surface area contributed by atoms with E-state index in [9.17, 15) is 9.59 Å². The maximum absolute atomic E-state index is 12.0. The number of aromatic nitrogens is 1. The summed E-state index contributed by atoms with van der Waals surface area (Å²) in [5.41, 5.74) is 2.41. The molecule has 2 aromatic carbocycles. The molecule has 0 saturated carbocycles. The Balaban J connectivity index is 1.50. The second kappa shape index (κ2) is 7.53. The molecule has 3 rings (SSSR count). The third kappa shape index (κ3) is 4.17. The van der Waals surface area contributed by atoms with Gasteiger partial charge in [0.25, 0.3) is 5.91 Å². The van der Waals surface area contributed by atoms with Crippen molar-refractivity contribution in [1.29, 1.82) is 0 Å². The lowest BCUT2D eigenvalue weighted by Crippen LogP contribution is -2.21. The zero-order valence-corrected chi connectivity index (χ0v) is 13.7. The van der Waals surface area contributed by atoms with Crippen molar-refractivity contribution in [3.05, 3.63) is 60.3 Å². The van der Waals surface area contributed by atoms with Gasteiger partial charge < -0.3 is 19.8 Å². The first-order valence-corrected chi connectivity index (χ1v) is 7.80. The van der Waals surface area contributed by atoms with E-state index in [-0.39, 0.29) is 13.0 Å². The fourth-order valence-corrected chi connectivity index (χ4v) is 2.50. The number of H-pyrrole nitrogens is 1. The summed E-state index contributed by atoms with van der Waals surface area (Å²) < 4.78 is 10.1. The number of rotatable bonds is 6. The standard InChI is InChI=1S/C19H18N2O4/c1-24-15-8-6-14(7-9-15)21-18(22)12-25-19(23)10-13-11-20-17-5-3-2-4-16(13)17/h2-9,11,20H,10,12H2,1H3,(H,21,22). The number of carbonyl (C=O) groups is 2. The van der Waals surface area contributed by atoms with Gasteiger partial charge in [0.2, 0.25) is 0 Å². The van der Waals surface area contributed by atoms with Gasteiger partial charge in [-0.3, -0.25) is 9.59 Å². The molecule has 0 fully saturated rings. The van der Waals surface area contributed by atoms with Gasteiger partial charge in [-0.05, 0) is 35.9 Å². The number of para-hydroxylation sites is 1. The number of amides is 1. The van der Waals surface area contributed by atoms with Gasteiger partial charge in [0.05, 0.1) is 13.5 Å². The van der Waals surface area contributed by atoms with Crippen LogP contribution >= 0.6 is 0 Å². The number of methoxy groups -OCH3 is 1. The predicted molar refractivity (Wildman–Crippen MR) is 94.6 cm³/mol. The van der Waals surface area contributed by atoms with E-state index in [2.05, 4.69) is 10.3 Å². The summed E-state index contributed by atoms with van der Waals surface area (Å²) in [6.07, 6.45) is 1.89. The van der Waals surface area contributed by atoms with Crippen LogP contribution in [-0.4, -0.2) is 30.6 Å². The molecule has 1 heterocycles. The Labute approximate surface area is 144 Å². The molecule has 0 bridgehead atoms. The summed E-state index contributed by atoms with van der Waals surface area (Å²) in [5.74, 6) is -0.143. The van der Waals surface area contributed by atoms with Crippen LogP contribution in [0.25, 0.3) is 10.9 Å². The molecule has 2 N–H and O–H groups in total. The average molecular weight is 338 g/mol. The van der Waals surface area contributed by atoms with Crippen LogP contribution in [0.2, 0.25) is 0 Å². The lowest BCUT2D eigenvalue weighted by molar-refractivity contribution is -0.146.